The summed E-state index contributed by atoms with van der Waals surface area (Å²) in [6.45, 7) is 1.57. The molecule has 4 nitrogen and oxygen atoms in total. The molecule has 110 valence electrons. The van der Waals surface area contributed by atoms with E-state index in [1.54, 1.807) is 0 Å². The first-order chi connectivity index (χ1) is 9.97. The summed E-state index contributed by atoms with van der Waals surface area (Å²) in [6.07, 6.45) is 2.28. The molecule has 2 heterocycles. The van der Waals surface area contributed by atoms with Crippen LogP contribution in [0.2, 0.25) is 5.02 Å². The lowest BCUT2D eigenvalue weighted by molar-refractivity contribution is -0.297. The van der Waals surface area contributed by atoms with Crippen LogP contribution in [-0.2, 0) is 17.8 Å². The van der Waals surface area contributed by atoms with Crippen LogP contribution in [0.1, 0.15) is 16.9 Å². The number of carbonyl (C=O) groups excluding carboxylic acids is 1. The number of carbonyl (C=O) groups is 1. The van der Waals surface area contributed by atoms with Gasteiger partial charge in [-0.05, 0) is 53.2 Å². The van der Waals surface area contributed by atoms with Crippen LogP contribution in [0.25, 0.3) is 17.0 Å². The topological polar surface area (TPSA) is 56.5 Å². The first-order valence-corrected chi connectivity index (χ1v) is 7.64. The van der Waals surface area contributed by atoms with Crippen molar-refractivity contribution in [2.75, 3.05) is 13.6 Å². The van der Waals surface area contributed by atoms with Gasteiger partial charge in [-0.25, -0.2) is 0 Å². The van der Waals surface area contributed by atoms with Gasteiger partial charge in [-0.3, -0.25) is 0 Å². The highest BCUT2D eigenvalue weighted by molar-refractivity contribution is 9.12. The number of furan rings is 1. The zero-order valence-corrected chi connectivity index (χ0v) is 13.6. The number of benzene rings is 1. The van der Waals surface area contributed by atoms with E-state index in [1.165, 1.54) is 6.08 Å². The van der Waals surface area contributed by atoms with Crippen LogP contribution >= 0.6 is 27.5 Å². The molecule has 0 unspecified atom stereocenters. The molecule has 1 aromatic carbocycles. The van der Waals surface area contributed by atoms with Gasteiger partial charge in [-0.1, -0.05) is 11.6 Å². The van der Waals surface area contributed by atoms with Crippen LogP contribution in [-0.4, -0.2) is 24.5 Å². The summed E-state index contributed by atoms with van der Waals surface area (Å²) in [6, 6.07) is 3.64. The van der Waals surface area contributed by atoms with E-state index in [2.05, 4.69) is 20.8 Å². The van der Waals surface area contributed by atoms with Gasteiger partial charge >= 0.3 is 0 Å². The Kier molecular flexibility index (Phi) is 3.82. The molecule has 0 N–H and O–H groups in total. The molecular formula is C15H12BrClNO3-. The minimum absolute atomic E-state index is 0.0441. The van der Waals surface area contributed by atoms with Crippen molar-refractivity contribution in [1.29, 1.82) is 0 Å². The average Bonchev–Trinajstić information content (AvgIpc) is 2.64. The van der Waals surface area contributed by atoms with Gasteiger partial charge in [0.25, 0.3) is 0 Å². The molecule has 0 fully saturated rings. The van der Waals surface area contributed by atoms with Crippen molar-refractivity contribution < 1.29 is 14.3 Å². The molecule has 3 rings (SSSR count). The van der Waals surface area contributed by atoms with Crippen molar-refractivity contribution in [3.63, 3.8) is 0 Å². The quantitative estimate of drug-likeness (QED) is 0.764. The van der Waals surface area contributed by atoms with Crippen molar-refractivity contribution >= 4 is 50.5 Å². The molecule has 21 heavy (non-hydrogen) atoms. The van der Waals surface area contributed by atoms with Crippen molar-refractivity contribution in [1.82, 2.24) is 4.90 Å². The Bertz CT molecular complexity index is 766. The van der Waals surface area contributed by atoms with Gasteiger partial charge in [0, 0.05) is 33.5 Å². The van der Waals surface area contributed by atoms with Gasteiger partial charge in [0.1, 0.15) is 11.3 Å². The Labute approximate surface area is 135 Å². The predicted octanol–water partition coefficient (Wildman–Crippen LogP) is 2.56. The molecule has 1 aliphatic rings. The number of hydrogen-bond donors (Lipinski definition) is 0. The molecule has 1 aromatic heterocycles. The standard InChI is InChI=1S/C15H13BrClNO3/c1-18-5-4-8-11(17)2-3-12-14(8)9(7-18)13(21-12)6-10(16)15(19)20/h2-3,6H,4-5,7H2,1H3,(H,19,20)/p-1/b10-6-. The number of aliphatic carboxylic acids is 1. The number of halogens is 2. The number of hydrogen-bond acceptors (Lipinski definition) is 4. The third-order valence-corrected chi connectivity index (χ3v) is 4.57. The lowest BCUT2D eigenvalue weighted by Gasteiger charge is -2.13. The second-order valence-electron chi connectivity index (χ2n) is 5.11. The summed E-state index contributed by atoms with van der Waals surface area (Å²) in [5.74, 6) is -0.749. The van der Waals surface area contributed by atoms with Crippen LogP contribution in [0, 0.1) is 0 Å². The second-order valence-corrected chi connectivity index (χ2v) is 6.37. The molecule has 0 atom stereocenters. The van der Waals surface area contributed by atoms with E-state index in [0.29, 0.717) is 17.3 Å². The fourth-order valence-electron chi connectivity index (χ4n) is 2.66. The normalized spacial score (nSPS) is 16.2. The summed E-state index contributed by atoms with van der Waals surface area (Å²) in [5.41, 5.74) is 2.74. The Hall–Kier alpha value is -1.30. The molecule has 1 aliphatic heterocycles. The Morgan fingerprint density at radius 1 is 1.48 bits per heavy atom. The van der Waals surface area contributed by atoms with E-state index in [4.69, 9.17) is 16.0 Å². The molecule has 0 spiro atoms. The summed E-state index contributed by atoms with van der Waals surface area (Å²) < 4.78 is 5.76. The molecular weight excluding hydrogens is 358 g/mol. The fourth-order valence-corrected chi connectivity index (χ4v) is 3.12. The van der Waals surface area contributed by atoms with Crippen molar-refractivity contribution in [3.8, 4) is 0 Å². The maximum absolute atomic E-state index is 10.9. The molecule has 0 saturated carbocycles. The van der Waals surface area contributed by atoms with Gasteiger partial charge in [0.15, 0.2) is 0 Å². The van der Waals surface area contributed by atoms with Gasteiger partial charge in [0.05, 0.1) is 5.97 Å². The Morgan fingerprint density at radius 2 is 2.24 bits per heavy atom. The molecule has 0 amide bonds. The third-order valence-electron chi connectivity index (χ3n) is 3.66. The second kappa shape index (κ2) is 5.48. The highest BCUT2D eigenvalue weighted by Gasteiger charge is 2.22. The summed E-state index contributed by atoms with van der Waals surface area (Å²) >= 11 is 9.29. The maximum Gasteiger partial charge on any atom is 0.135 e. The van der Waals surface area contributed by atoms with Crippen molar-refractivity contribution in [2.24, 2.45) is 0 Å². The summed E-state index contributed by atoms with van der Waals surface area (Å²) in [4.78, 5) is 13.0. The van der Waals surface area contributed by atoms with E-state index < -0.39 is 5.97 Å². The van der Waals surface area contributed by atoms with Gasteiger partial charge in [-0.15, -0.1) is 0 Å². The number of likely N-dealkylation sites (N-methyl/N-ethyl adjacent to an activating group) is 1. The number of carboxylic acids is 1. The summed E-state index contributed by atoms with van der Waals surface area (Å²) in [5, 5.41) is 12.6. The van der Waals surface area contributed by atoms with Crippen LogP contribution in [0.5, 0.6) is 0 Å². The Morgan fingerprint density at radius 3 is 2.95 bits per heavy atom. The van der Waals surface area contributed by atoms with Crippen LogP contribution < -0.4 is 5.11 Å². The van der Waals surface area contributed by atoms with E-state index in [-0.39, 0.29) is 4.48 Å². The monoisotopic (exact) mass is 368 g/mol. The molecule has 0 saturated heterocycles. The molecule has 0 radical (unpaired) electrons. The third kappa shape index (κ3) is 2.61. The molecule has 2 aromatic rings. The number of carboxylic acid groups (broad SMARTS) is 1. The van der Waals surface area contributed by atoms with Crippen LogP contribution in [0.3, 0.4) is 0 Å². The smallest absolute Gasteiger partial charge is 0.135 e. The maximum atomic E-state index is 10.9. The first kappa shape index (κ1) is 14.6. The highest BCUT2D eigenvalue weighted by atomic mass is 79.9. The minimum Gasteiger partial charge on any atom is -0.544 e. The summed E-state index contributed by atoms with van der Waals surface area (Å²) in [7, 11) is 2.01. The zero-order chi connectivity index (χ0) is 15.1. The highest BCUT2D eigenvalue weighted by Crippen LogP contribution is 2.37. The first-order valence-electron chi connectivity index (χ1n) is 6.47. The van der Waals surface area contributed by atoms with Crippen LogP contribution in [0.15, 0.2) is 21.0 Å². The van der Waals surface area contributed by atoms with E-state index >= 15 is 0 Å². The van der Waals surface area contributed by atoms with Crippen molar-refractivity contribution in [3.05, 3.63) is 38.5 Å². The predicted molar refractivity (Wildman–Crippen MR) is 83.2 cm³/mol. The Balaban J connectivity index is 2.28. The van der Waals surface area contributed by atoms with Gasteiger partial charge in [-0.2, -0.15) is 0 Å². The SMILES string of the molecule is CN1CCc2c(Cl)ccc3oc(/C=C(\Br)C(=O)[O-])c(c23)C1. The van der Waals surface area contributed by atoms with E-state index in [9.17, 15) is 9.90 Å². The van der Waals surface area contributed by atoms with E-state index in [1.807, 2.05) is 19.2 Å². The lowest BCUT2D eigenvalue weighted by atomic mass is 10.0. The molecule has 0 bridgehead atoms. The molecule has 6 heteroatoms. The zero-order valence-electron chi connectivity index (χ0n) is 11.3. The molecule has 0 aliphatic carbocycles. The van der Waals surface area contributed by atoms with Crippen LogP contribution in [0.4, 0.5) is 0 Å². The minimum atomic E-state index is -1.28. The van der Waals surface area contributed by atoms with Gasteiger partial charge < -0.3 is 19.2 Å². The number of nitrogens with zero attached hydrogens (tertiary/aromatic N) is 1. The fraction of sp³-hybridized carbons (Fsp3) is 0.267. The largest absolute Gasteiger partial charge is 0.544 e. The lowest BCUT2D eigenvalue weighted by Crippen LogP contribution is -2.22. The van der Waals surface area contributed by atoms with Crippen molar-refractivity contribution in [2.45, 2.75) is 13.0 Å². The number of rotatable bonds is 2. The van der Waals surface area contributed by atoms with E-state index in [0.717, 1.165) is 35.1 Å². The average molecular weight is 370 g/mol. The van der Waals surface area contributed by atoms with Gasteiger partial charge in [0.2, 0.25) is 0 Å².